The van der Waals surface area contributed by atoms with Crippen molar-refractivity contribution >= 4 is 23.2 Å². The molecule has 3 N–H and O–H groups in total. The maximum Gasteiger partial charge on any atom is 0.573 e. The van der Waals surface area contributed by atoms with Gasteiger partial charge < -0.3 is 20.3 Å². The quantitative estimate of drug-likeness (QED) is 0.477. The summed E-state index contributed by atoms with van der Waals surface area (Å²) in [6.07, 6.45) is -4.85. The number of halogens is 4. The van der Waals surface area contributed by atoms with E-state index in [0.29, 0.717) is 33.0 Å². The summed E-state index contributed by atoms with van der Waals surface area (Å²) < 4.78 is 41.6. The molecule has 0 saturated carbocycles. The summed E-state index contributed by atoms with van der Waals surface area (Å²) in [7, 11) is 0. The Morgan fingerprint density at radius 3 is 2.23 bits per heavy atom. The minimum absolute atomic E-state index is 0.310. The number of carbonyl (C=O) groups excluding carboxylic acids is 1. The predicted molar refractivity (Wildman–Crippen MR) is 108 cm³/mol. The second-order valence-electron chi connectivity index (χ2n) is 7.07. The molecule has 0 bridgehead atoms. The predicted octanol–water partition coefficient (Wildman–Crippen LogP) is 5.24. The molecular formula is C22H15ClF3NO4. The van der Waals surface area contributed by atoms with E-state index in [0.717, 1.165) is 12.1 Å². The number of aromatic hydroxyl groups is 2. The minimum Gasteiger partial charge on any atom is -0.504 e. The summed E-state index contributed by atoms with van der Waals surface area (Å²) in [5.74, 6) is -1.74. The molecule has 0 spiro atoms. The van der Waals surface area contributed by atoms with Gasteiger partial charge in [-0.15, -0.1) is 13.2 Å². The van der Waals surface area contributed by atoms with Crippen LogP contribution in [0.4, 0.5) is 18.9 Å². The lowest BCUT2D eigenvalue weighted by atomic mass is 9.70. The Morgan fingerprint density at radius 2 is 1.61 bits per heavy atom. The van der Waals surface area contributed by atoms with Gasteiger partial charge in [-0.05, 0) is 53.9 Å². The maximum absolute atomic E-state index is 13.4. The number of hydrogen-bond acceptors (Lipinski definition) is 4. The highest BCUT2D eigenvalue weighted by molar-refractivity contribution is 6.32. The van der Waals surface area contributed by atoms with Crippen LogP contribution >= 0.6 is 11.6 Å². The first kappa shape index (κ1) is 20.9. The number of hydrogen-bond donors (Lipinski definition) is 3. The van der Waals surface area contributed by atoms with Crippen molar-refractivity contribution in [3.8, 4) is 17.2 Å². The molecule has 1 heterocycles. The van der Waals surface area contributed by atoms with Gasteiger partial charge in [-0.2, -0.15) is 0 Å². The molecule has 1 unspecified atom stereocenters. The van der Waals surface area contributed by atoms with E-state index in [2.05, 4.69) is 10.1 Å². The summed E-state index contributed by atoms with van der Waals surface area (Å²) in [6, 6.07) is 12.1. The standard InChI is InChI=1S/C22H15ClF3NO4/c1-11-16(23)8-7-15-19(11)27-20(30)21(15,13-4-9-17(28)18(29)10-13)12-2-5-14(6-3-12)31-22(24,25)26/h2-10,28-29H,1H3,(H,27,30). The van der Waals surface area contributed by atoms with E-state index in [-0.39, 0.29) is 5.75 Å². The lowest BCUT2D eigenvalue weighted by Crippen LogP contribution is -2.37. The van der Waals surface area contributed by atoms with Crippen molar-refractivity contribution in [1.29, 1.82) is 0 Å². The van der Waals surface area contributed by atoms with Crippen LogP contribution in [0.25, 0.3) is 0 Å². The first-order valence-corrected chi connectivity index (χ1v) is 9.41. The molecule has 1 aliphatic rings. The van der Waals surface area contributed by atoms with Gasteiger partial charge in [0.2, 0.25) is 5.91 Å². The first-order valence-electron chi connectivity index (χ1n) is 9.04. The van der Waals surface area contributed by atoms with Crippen LogP contribution in [-0.2, 0) is 10.2 Å². The Balaban J connectivity index is 1.98. The number of alkyl halides is 3. The van der Waals surface area contributed by atoms with E-state index >= 15 is 0 Å². The van der Waals surface area contributed by atoms with E-state index in [1.165, 1.54) is 30.3 Å². The van der Waals surface area contributed by atoms with Crippen LogP contribution in [0.1, 0.15) is 22.3 Å². The van der Waals surface area contributed by atoms with Gasteiger partial charge in [-0.25, -0.2) is 0 Å². The number of phenols is 2. The zero-order valence-corrected chi connectivity index (χ0v) is 16.7. The third-order valence-corrected chi connectivity index (χ3v) is 5.72. The smallest absolute Gasteiger partial charge is 0.504 e. The number of amides is 1. The number of fused-ring (bicyclic) bond motifs is 1. The average molecular weight is 450 g/mol. The molecule has 1 amide bonds. The van der Waals surface area contributed by atoms with E-state index < -0.39 is 29.2 Å². The zero-order chi connectivity index (χ0) is 22.6. The molecule has 0 aromatic heterocycles. The fourth-order valence-corrected chi connectivity index (χ4v) is 4.05. The molecule has 1 aliphatic heterocycles. The van der Waals surface area contributed by atoms with Crippen LogP contribution < -0.4 is 10.1 Å². The number of ether oxygens (including phenoxy) is 1. The molecule has 0 radical (unpaired) electrons. The molecule has 0 fully saturated rings. The molecule has 160 valence electrons. The van der Waals surface area contributed by atoms with Crippen LogP contribution in [0.3, 0.4) is 0 Å². The highest BCUT2D eigenvalue weighted by Gasteiger charge is 2.50. The molecule has 9 heteroatoms. The first-order chi connectivity index (χ1) is 14.5. The van der Waals surface area contributed by atoms with Crippen LogP contribution in [0.2, 0.25) is 5.02 Å². The van der Waals surface area contributed by atoms with Crippen molar-refractivity contribution in [2.24, 2.45) is 0 Å². The number of nitrogens with one attached hydrogen (secondary N) is 1. The molecule has 3 aromatic rings. The second kappa shape index (κ2) is 7.09. The highest BCUT2D eigenvalue weighted by atomic mass is 35.5. The monoisotopic (exact) mass is 449 g/mol. The van der Waals surface area contributed by atoms with E-state index in [1.54, 1.807) is 19.1 Å². The van der Waals surface area contributed by atoms with Crippen molar-refractivity contribution < 1.29 is 32.9 Å². The Labute approximate surface area is 179 Å². The Morgan fingerprint density at radius 1 is 0.968 bits per heavy atom. The largest absolute Gasteiger partial charge is 0.573 e. The molecule has 1 atom stereocenters. The van der Waals surface area contributed by atoms with Gasteiger partial charge >= 0.3 is 6.36 Å². The summed E-state index contributed by atoms with van der Waals surface area (Å²) >= 11 is 6.21. The van der Waals surface area contributed by atoms with Crippen molar-refractivity contribution in [1.82, 2.24) is 0 Å². The summed E-state index contributed by atoms with van der Waals surface area (Å²) in [6.45, 7) is 1.73. The van der Waals surface area contributed by atoms with Gasteiger partial charge in [0.25, 0.3) is 0 Å². The van der Waals surface area contributed by atoms with Crippen molar-refractivity contribution in [3.63, 3.8) is 0 Å². The summed E-state index contributed by atoms with van der Waals surface area (Å²) in [5.41, 5.74) is 0.742. The number of phenolic OH excluding ortho intramolecular Hbond substituents is 2. The Kier molecular flexibility index (Phi) is 4.77. The highest BCUT2D eigenvalue weighted by Crippen LogP contribution is 2.51. The SMILES string of the molecule is Cc1c(Cl)ccc2c1NC(=O)C2(c1ccc(OC(F)(F)F)cc1)c1ccc(O)c(O)c1. The van der Waals surface area contributed by atoms with Crippen LogP contribution in [-0.4, -0.2) is 22.5 Å². The van der Waals surface area contributed by atoms with E-state index in [1.807, 2.05) is 0 Å². The van der Waals surface area contributed by atoms with Gasteiger partial charge in [0.05, 0.1) is 5.69 Å². The molecule has 0 aliphatic carbocycles. The molecule has 5 nitrogen and oxygen atoms in total. The number of anilines is 1. The van der Waals surface area contributed by atoms with Crippen molar-refractivity contribution in [2.45, 2.75) is 18.7 Å². The molecule has 4 rings (SSSR count). The maximum atomic E-state index is 13.4. The van der Waals surface area contributed by atoms with E-state index in [9.17, 15) is 28.2 Å². The minimum atomic E-state index is -4.85. The second-order valence-corrected chi connectivity index (χ2v) is 7.48. The zero-order valence-electron chi connectivity index (χ0n) is 15.9. The normalized spacial score (nSPS) is 17.9. The number of rotatable bonds is 3. The van der Waals surface area contributed by atoms with Crippen molar-refractivity contribution in [2.75, 3.05) is 5.32 Å². The molecule has 3 aromatic carbocycles. The fraction of sp³-hybridized carbons (Fsp3) is 0.136. The number of benzene rings is 3. The van der Waals surface area contributed by atoms with Gasteiger partial charge in [0.15, 0.2) is 11.5 Å². The van der Waals surface area contributed by atoms with Crippen molar-refractivity contribution in [3.05, 3.63) is 81.9 Å². The molecule has 0 saturated heterocycles. The summed E-state index contributed by atoms with van der Waals surface area (Å²) in [4.78, 5) is 13.4. The Bertz CT molecular complexity index is 1190. The lowest BCUT2D eigenvalue weighted by Gasteiger charge is -2.29. The molecular weight excluding hydrogens is 435 g/mol. The Hall–Kier alpha value is -3.39. The molecule has 31 heavy (non-hydrogen) atoms. The number of carbonyl (C=O) groups is 1. The topological polar surface area (TPSA) is 78.8 Å². The average Bonchev–Trinajstić information content (AvgIpc) is 3.00. The fourth-order valence-electron chi connectivity index (χ4n) is 3.89. The third-order valence-electron chi connectivity index (χ3n) is 5.31. The van der Waals surface area contributed by atoms with Gasteiger partial charge in [-0.3, -0.25) is 4.79 Å². The summed E-state index contributed by atoms with van der Waals surface area (Å²) in [5, 5.41) is 23.0. The van der Waals surface area contributed by atoms with Gasteiger partial charge in [0, 0.05) is 10.6 Å². The van der Waals surface area contributed by atoms with Gasteiger partial charge in [0.1, 0.15) is 11.2 Å². The van der Waals surface area contributed by atoms with Crippen LogP contribution in [0, 0.1) is 6.92 Å². The van der Waals surface area contributed by atoms with Gasteiger partial charge in [-0.1, -0.05) is 35.9 Å². The lowest BCUT2D eigenvalue weighted by molar-refractivity contribution is -0.274. The van der Waals surface area contributed by atoms with Crippen LogP contribution in [0.5, 0.6) is 17.2 Å². The van der Waals surface area contributed by atoms with E-state index in [4.69, 9.17) is 11.6 Å². The third kappa shape index (κ3) is 3.33. The van der Waals surface area contributed by atoms with Crippen LogP contribution in [0.15, 0.2) is 54.6 Å².